The Labute approximate surface area is 315 Å². The molecule has 0 bridgehead atoms. The van der Waals surface area contributed by atoms with Gasteiger partial charge in [0.1, 0.15) is 12.0 Å². The lowest BCUT2D eigenvalue weighted by Gasteiger charge is -2.44. The van der Waals surface area contributed by atoms with Crippen molar-refractivity contribution < 1.29 is 0 Å². The lowest BCUT2D eigenvalue weighted by atomic mass is 9.61. The van der Waals surface area contributed by atoms with Gasteiger partial charge in [0.2, 0.25) is 0 Å². The Bertz CT molecular complexity index is 1620. The minimum Gasteiger partial charge on any atom is -0.354 e. The van der Waals surface area contributed by atoms with E-state index in [2.05, 4.69) is 90.5 Å². The second-order valence-electron chi connectivity index (χ2n) is 17.5. The van der Waals surface area contributed by atoms with Crippen LogP contribution >= 0.6 is 0 Å². The summed E-state index contributed by atoms with van der Waals surface area (Å²) in [4.78, 5) is 5.42. The molecule has 7 aliphatic carbocycles. The lowest BCUT2D eigenvalue weighted by Crippen LogP contribution is -2.58. The monoisotopic (exact) mass is 697 g/mol. The Balaban J connectivity index is 0.997. The molecule has 8 rings (SSSR count). The molecular weight excluding hydrogens is 633 g/mol. The molecule has 0 aromatic rings. The molecule has 276 valence electrons. The van der Waals surface area contributed by atoms with Crippen LogP contribution in [0.25, 0.3) is 0 Å². The van der Waals surface area contributed by atoms with Gasteiger partial charge in [-0.1, -0.05) is 85.8 Å². The van der Waals surface area contributed by atoms with Gasteiger partial charge in [0.15, 0.2) is 0 Å². The molecule has 2 N–H and O–H groups in total. The van der Waals surface area contributed by atoms with Gasteiger partial charge in [0, 0.05) is 11.8 Å². The summed E-state index contributed by atoms with van der Waals surface area (Å²) in [7, 11) is 0. The Hall–Kier alpha value is -3.16. The maximum atomic E-state index is 9.37. The van der Waals surface area contributed by atoms with Gasteiger partial charge in [0.25, 0.3) is 0 Å². The number of amidine groups is 1. The molecule has 0 spiro atoms. The highest BCUT2D eigenvalue weighted by Gasteiger charge is 2.44. The molecule has 8 aliphatic rings. The van der Waals surface area contributed by atoms with E-state index in [4.69, 9.17) is 4.99 Å². The van der Waals surface area contributed by atoms with Crippen LogP contribution in [0.1, 0.15) is 129 Å². The van der Waals surface area contributed by atoms with Crippen molar-refractivity contribution in [2.75, 3.05) is 0 Å². The van der Waals surface area contributed by atoms with Crippen LogP contribution in [0.4, 0.5) is 0 Å². The highest BCUT2D eigenvalue weighted by atomic mass is 15.3. The smallest absolute Gasteiger partial charge is 0.127 e. The van der Waals surface area contributed by atoms with E-state index in [0.717, 1.165) is 62.2 Å². The van der Waals surface area contributed by atoms with Crippen molar-refractivity contribution in [2.24, 2.45) is 52.3 Å². The van der Waals surface area contributed by atoms with Crippen molar-refractivity contribution in [2.45, 2.75) is 141 Å². The molecular formula is C48H64N4. The first-order chi connectivity index (χ1) is 25.7. The molecule has 0 radical (unpaired) electrons. The second-order valence-corrected chi connectivity index (χ2v) is 17.5. The third-order valence-corrected chi connectivity index (χ3v) is 14.4. The largest absolute Gasteiger partial charge is 0.354 e. The zero-order valence-electron chi connectivity index (χ0n) is 32.0. The highest BCUT2D eigenvalue weighted by Crippen LogP contribution is 2.52. The first kappa shape index (κ1) is 35.8. The first-order valence-corrected chi connectivity index (χ1v) is 21.7. The summed E-state index contributed by atoms with van der Waals surface area (Å²) in [5.41, 5.74) is 7.65. The van der Waals surface area contributed by atoms with Gasteiger partial charge in [-0.2, -0.15) is 5.26 Å². The topological polar surface area (TPSA) is 60.2 Å². The third-order valence-electron chi connectivity index (χ3n) is 14.4. The number of nitrogens with zero attached hydrogens (tertiary/aromatic N) is 2. The zero-order chi connectivity index (χ0) is 35.3. The van der Waals surface area contributed by atoms with Crippen LogP contribution in [-0.2, 0) is 0 Å². The fourth-order valence-electron chi connectivity index (χ4n) is 11.4. The highest BCUT2D eigenvalue weighted by molar-refractivity contribution is 5.99. The molecule has 0 aromatic carbocycles. The summed E-state index contributed by atoms with van der Waals surface area (Å²) in [6.07, 6.45) is 51.1. The van der Waals surface area contributed by atoms with E-state index in [1.165, 1.54) is 106 Å². The average molecular weight is 697 g/mol. The summed E-state index contributed by atoms with van der Waals surface area (Å²) >= 11 is 0. The zero-order valence-corrected chi connectivity index (χ0v) is 32.0. The quantitative estimate of drug-likeness (QED) is 0.236. The molecule has 10 atom stereocenters. The van der Waals surface area contributed by atoms with Crippen molar-refractivity contribution >= 4 is 5.84 Å². The minimum atomic E-state index is 0.123. The summed E-state index contributed by atoms with van der Waals surface area (Å²) < 4.78 is 0. The fourth-order valence-corrected chi connectivity index (χ4v) is 11.4. The standard InChI is InChI=1S/C48H64N4/c1-2-35(36-23-20-34(32-49)21-24-36)22-19-33-11-9-17-42(31-33)44-30-29-37-16-10-18-43(37)45(44)38-25-27-41(28-26-38)48-51-46(39-12-5-3-6-13-39)50-47(52-48)40-14-7-4-8-15-40/h5,9,12,14,17,19,23,27,29-31,34-35,37-39,43-47,50H,2-4,6-8,10-11,13,15-16,18,20-22,24-26,28H2,1H3,(H,51,52)/b33-19+. The number of nitrogens with one attached hydrogen (secondary N) is 2. The maximum Gasteiger partial charge on any atom is 0.127 e. The van der Waals surface area contributed by atoms with E-state index in [1.54, 1.807) is 11.1 Å². The number of hydrogen-bond donors (Lipinski definition) is 2. The number of rotatable bonds is 9. The first-order valence-electron chi connectivity index (χ1n) is 21.7. The molecule has 10 unspecified atom stereocenters. The Morgan fingerprint density at radius 2 is 1.85 bits per heavy atom. The molecule has 1 saturated carbocycles. The van der Waals surface area contributed by atoms with Crippen LogP contribution in [0.2, 0.25) is 0 Å². The number of aliphatic imine (C=N–C) groups is 1. The molecule has 1 aliphatic heterocycles. The van der Waals surface area contributed by atoms with Crippen LogP contribution in [-0.4, -0.2) is 18.2 Å². The van der Waals surface area contributed by atoms with Gasteiger partial charge in [0.05, 0.1) is 18.2 Å². The maximum absolute atomic E-state index is 9.37. The van der Waals surface area contributed by atoms with Gasteiger partial charge in [-0.25, -0.2) is 4.99 Å². The average Bonchev–Trinajstić information content (AvgIpc) is 3.71. The lowest BCUT2D eigenvalue weighted by molar-refractivity contribution is 0.145. The van der Waals surface area contributed by atoms with Gasteiger partial charge >= 0.3 is 0 Å². The number of nitriles is 1. The van der Waals surface area contributed by atoms with Crippen molar-refractivity contribution in [1.29, 1.82) is 5.26 Å². The fraction of sp³-hybridized carbons (Fsp3) is 0.625. The van der Waals surface area contributed by atoms with E-state index in [1.807, 2.05) is 0 Å². The van der Waals surface area contributed by atoms with E-state index < -0.39 is 0 Å². The summed E-state index contributed by atoms with van der Waals surface area (Å²) in [5.74, 6) is 6.10. The Morgan fingerprint density at radius 3 is 2.62 bits per heavy atom. The predicted octanol–water partition coefficient (Wildman–Crippen LogP) is 11.5. The van der Waals surface area contributed by atoms with Crippen molar-refractivity contribution in [3.63, 3.8) is 0 Å². The van der Waals surface area contributed by atoms with Gasteiger partial charge < -0.3 is 5.32 Å². The summed E-state index contributed by atoms with van der Waals surface area (Å²) in [6, 6.07) is 2.49. The molecule has 0 saturated heterocycles. The Morgan fingerprint density at radius 1 is 0.904 bits per heavy atom. The van der Waals surface area contributed by atoms with Crippen LogP contribution in [0.15, 0.2) is 99.7 Å². The molecule has 1 heterocycles. The van der Waals surface area contributed by atoms with Crippen LogP contribution in [0.5, 0.6) is 0 Å². The molecule has 0 amide bonds. The third kappa shape index (κ3) is 8.01. The molecule has 0 aromatic heterocycles. The molecule has 4 nitrogen and oxygen atoms in total. The van der Waals surface area contributed by atoms with E-state index in [-0.39, 0.29) is 18.2 Å². The van der Waals surface area contributed by atoms with Crippen molar-refractivity contribution in [3.05, 3.63) is 94.7 Å². The number of hydrogen-bond acceptors (Lipinski definition) is 4. The SMILES string of the molecule is CCC(C/C=C1/C=C(C2C=CC3CCCC3C2C2CC=C(C3=NC(C4=CCCCC4)NC(C4C=CCCC4)N3)CC2)C=CC1)C1=CCC(C#N)CC1. The molecule has 4 heteroatoms. The van der Waals surface area contributed by atoms with Crippen LogP contribution in [0, 0.1) is 58.7 Å². The predicted molar refractivity (Wildman–Crippen MR) is 216 cm³/mol. The van der Waals surface area contributed by atoms with Crippen molar-refractivity contribution in [3.8, 4) is 6.07 Å². The van der Waals surface area contributed by atoms with Gasteiger partial charge in [-0.05, 0) is 167 Å². The van der Waals surface area contributed by atoms with Gasteiger partial charge in [-0.15, -0.1) is 0 Å². The normalized spacial score (nSPS) is 37.5. The summed E-state index contributed by atoms with van der Waals surface area (Å²) in [6.45, 7) is 2.34. The van der Waals surface area contributed by atoms with E-state index in [0.29, 0.717) is 17.8 Å². The van der Waals surface area contributed by atoms with E-state index in [9.17, 15) is 5.26 Å². The van der Waals surface area contributed by atoms with Crippen LogP contribution in [0.3, 0.4) is 0 Å². The number of allylic oxidation sites excluding steroid dienone is 13. The van der Waals surface area contributed by atoms with Crippen LogP contribution < -0.4 is 10.6 Å². The molecule has 52 heavy (non-hydrogen) atoms. The van der Waals surface area contributed by atoms with Gasteiger partial charge in [-0.3, -0.25) is 5.32 Å². The minimum absolute atomic E-state index is 0.123. The van der Waals surface area contributed by atoms with E-state index >= 15 is 0 Å². The van der Waals surface area contributed by atoms with Crippen molar-refractivity contribution in [1.82, 2.24) is 10.6 Å². The molecule has 1 fully saturated rings. The second kappa shape index (κ2) is 16.9. The Kier molecular flexibility index (Phi) is 11.6. The summed E-state index contributed by atoms with van der Waals surface area (Å²) in [5, 5.41) is 17.3. The number of fused-ring (bicyclic) bond motifs is 1.